The Morgan fingerprint density at radius 2 is 2.00 bits per heavy atom. The number of carboxylic acid groups (broad SMARTS) is 1. The van der Waals surface area contributed by atoms with Crippen molar-refractivity contribution in [3.63, 3.8) is 0 Å². The van der Waals surface area contributed by atoms with Crippen LogP contribution in [0.15, 0.2) is 28.8 Å². The third kappa shape index (κ3) is 2.79. The van der Waals surface area contributed by atoms with Gasteiger partial charge in [-0.15, -0.1) is 0 Å². The number of carbonyl (C=O) groups is 2. The van der Waals surface area contributed by atoms with E-state index in [9.17, 15) is 9.59 Å². The van der Waals surface area contributed by atoms with Crippen LogP contribution in [-0.2, 0) is 0 Å². The normalized spacial score (nSPS) is 10.2. The molecule has 2 rings (SSSR count). The Labute approximate surface area is 109 Å². The Kier molecular flexibility index (Phi) is 3.33. The minimum absolute atomic E-state index is 0.0719. The lowest BCUT2D eigenvalue weighted by Crippen LogP contribution is -2.13. The maximum Gasteiger partial charge on any atom is 0.374 e. The molecule has 1 amide bonds. The molecule has 0 unspecified atom stereocenters. The van der Waals surface area contributed by atoms with E-state index in [1.807, 2.05) is 26.0 Å². The topological polar surface area (TPSA) is 92.4 Å². The number of rotatable bonds is 3. The summed E-state index contributed by atoms with van der Waals surface area (Å²) < 4.78 is 4.52. The van der Waals surface area contributed by atoms with Crippen molar-refractivity contribution < 1.29 is 19.2 Å². The van der Waals surface area contributed by atoms with Crippen molar-refractivity contribution in [3.05, 3.63) is 46.8 Å². The van der Waals surface area contributed by atoms with Crippen molar-refractivity contribution in [1.29, 1.82) is 0 Å². The van der Waals surface area contributed by atoms with Gasteiger partial charge >= 0.3 is 5.97 Å². The number of amides is 1. The zero-order chi connectivity index (χ0) is 14.0. The molecule has 2 N–H and O–H groups in total. The lowest BCUT2D eigenvalue weighted by atomic mass is 10.1. The summed E-state index contributed by atoms with van der Waals surface area (Å²) in [6, 6.07) is 6.66. The highest BCUT2D eigenvalue weighted by Crippen LogP contribution is 2.17. The number of anilines is 1. The van der Waals surface area contributed by atoms with Crippen LogP contribution < -0.4 is 5.32 Å². The molecular formula is C13H12N2O4. The van der Waals surface area contributed by atoms with Crippen LogP contribution in [-0.4, -0.2) is 22.1 Å². The summed E-state index contributed by atoms with van der Waals surface area (Å²) in [6.45, 7) is 3.82. The van der Waals surface area contributed by atoms with E-state index >= 15 is 0 Å². The summed E-state index contributed by atoms with van der Waals surface area (Å²) in [7, 11) is 0. The van der Waals surface area contributed by atoms with E-state index in [2.05, 4.69) is 15.0 Å². The van der Waals surface area contributed by atoms with Crippen LogP contribution in [0.4, 0.5) is 5.69 Å². The van der Waals surface area contributed by atoms with E-state index in [0.717, 1.165) is 17.2 Å². The van der Waals surface area contributed by atoms with E-state index < -0.39 is 11.9 Å². The highest BCUT2D eigenvalue weighted by Gasteiger charge is 2.17. The molecule has 0 spiro atoms. The predicted molar refractivity (Wildman–Crippen MR) is 67.3 cm³/mol. The fourth-order valence-corrected chi connectivity index (χ4v) is 1.62. The first-order valence-electron chi connectivity index (χ1n) is 5.56. The molecule has 0 saturated heterocycles. The number of carboxylic acids is 1. The third-order valence-corrected chi connectivity index (χ3v) is 2.58. The lowest BCUT2D eigenvalue weighted by molar-refractivity contribution is 0.0651. The molecule has 1 heterocycles. The zero-order valence-corrected chi connectivity index (χ0v) is 10.4. The van der Waals surface area contributed by atoms with Crippen molar-refractivity contribution in [2.45, 2.75) is 13.8 Å². The summed E-state index contributed by atoms with van der Waals surface area (Å²) in [6.07, 6.45) is 0. The van der Waals surface area contributed by atoms with E-state index in [-0.39, 0.29) is 11.5 Å². The van der Waals surface area contributed by atoms with Gasteiger partial charge in [0.05, 0.1) is 0 Å². The van der Waals surface area contributed by atoms with Gasteiger partial charge in [0.2, 0.25) is 5.76 Å². The van der Waals surface area contributed by atoms with Gasteiger partial charge < -0.3 is 14.9 Å². The second kappa shape index (κ2) is 4.93. The van der Waals surface area contributed by atoms with Crippen LogP contribution in [0, 0.1) is 13.8 Å². The van der Waals surface area contributed by atoms with Gasteiger partial charge in [-0.3, -0.25) is 4.79 Å². The van der Waals surface area contributed by atoms with E-state index in [4.69, 9.17) is 5.11 Å². The number of hydrogen-bond acceptors (Lipinski definition) is 4. The maximum absolute atomic E-state index is 11.9. The Balaban J connectivity index is 2.18. The van der Waals surface area contributed by atoms with Gasteiger partial charge in [0.15, 0.2) is 5.69 Å². The highest BCUT2D eigenvalue weighted by molar-refractivity contribution is 6.04. The molecule has 0 fully saturated rings. The molecule has 98 valence electrons. The maximum atomic E-state index is 11.9. The Hall–Kier alpha value is -2.63. The lowest BCUT2D eigenvalue weighted by Gasteiger charge is -2.07. The number of aromatic carboxylic acids is 1. The number of nitrogens with one attached hydrogen (secondary N) is 1. The van der Waals surface area contributed by atoms with Crippen LogP contribution in [0.3, 0.4) is 0 Å². The van der Waals surface area contributed by atoms with Gasteiger partial charge in [-0.2, -0.15) is 0 Å². The van der Waals surface area contributed by atoms with Crippen LogP contribution in [0.5, 0.6) is 0 Å². The van der Waals surface area contributed by atoms with E-state index in [1.165, 1.54) is 0 Å². The minimum Gasteiger partial charge on any atom is -0.475 e. The fourth-order valence-electron chi connectivity index (χ4n) is 1.62. The molecular weight excluding hydrogens is 248 g/mol. The molecule has 0 saturated carbocycles. The molecule has 1 aromatic heterocycles. The van der Waals surface area contributed by atoms with Crippen LogP contribution in [0.1, 0.15) is 32.2 Å². The molecule has 6 heteroatoms. The second-order valence-corrected chi connectivity index (χ2v) is 4.15. The number of aryl methyl sites for hydroxylation is 2. The first-order chi connectivity index (χ1) is 8.97. The highest BCUT2D eigenvalue weighted by atomic mass is 16.5. The molecule has 6 nitrogen and oxygen atoms in total. The average Bonchev–Trinajstić information content (AvgIpc) is 2.82. The zero-order valence-electron chi connectivity index (χ0n) is 10.4. The summed E-state index contributed by atoms with van der Waals surface area (Å²) >= 11 is 0. The molecule has 0 aliphatic rings. The van der Waals surface area contributed by atoms with Crippen LogP contribution in [0.25, 0.3) is 0 Å². The second-order valence-electron chi connectivity index (χ2n) is 4.15. The molecule has 0 atom stereocenters. The van der Waals surface area contributed by atoms with Gasteiger partial charge in [-0.25, -0.2) is 4.79 Å². The van der Waals surface area contributed by atoms with Gasteiger partial charge in [0.25, 0.3) is 5.91 Å². The molecule has 0 aliphatic carbocycles. The molecule has 0 aliphatic heterocycles. The van der Waals surface area contributed by atoms with Crippen LogP contribution >= 0.6 is 0 Å². The Morgan fingerprint density at radius 1 is 1.26 bits per heavy atom. The van der Waals surface area contributed by atoms with E-state index in [1.54, 1.807) is 6.07 Å². The standard InChI is InChI=1S/C13H12N2O4/c1-7-3-4-9(8(2)5-7)14-12(16)10-6-11(13(17)18)19-15-10/h3-6H,1-2H3,(H,14,16)(H,17,18). The number of carbonyl (C=O) groups excluding carboxylic acids is 1. The number of aromatic nitrogens is 1. The number of nitrogens with zero attached hydrogens (tertiary/aromatic N) is 1. The SMILES string of the molecule is Cc1ccc(NC(=O)c2cc(C(=O)O)on2)c(C)c1. The molecule has 19 heavy (non-hydrogen) atoms. The van der Waals surface area contributed by atoms with Gasteiger partial charge in [0.1, 0.15) is 0 Å². The molecule has 1 aromatic carbocycles. The number of hydrogen-bond donors (Lipinski definition) is 2. The monoisotopic (exact) mass is 260 g/mol. The van der Waals surface area contributed by atoms with E-state index in [0.29, 0.717) is 5.69 Å². The molecule has 0 bridgehead atoms. The van der Waals surface area contributed by atoms with Crippen molar-refractivity contribution in [3.8, 4) is 0 Å². The first-order valence-corrected chi connectivity index (χ1v) is 5.56. The fraction of sp³-hybridized carbons (Fsp3) is 0.154. The summed E-state index contributed by atoms with van der Waals surface area (Å²) in [5.74, 6) is -2.15. The molecule has 2 aromatic rings. The van der Waals surface area contributed by atoms with Crippen LogP contribution in [0.2, 0.25) is 0 Å². The number of benzene rings is 1. The quantitative estimate of drug-likeness (QED) is 0.882. The van der Waals surface area contributed by atoms with Crippen molar-refractivity contribution in [1.82, 2.24) is 5.16 Å². The molecule has 0 radical (unpaired) electrons. The largest absolute Gasteiger partial charge is 0.475 e. The van der Waals surface area contributed by atoms with Gasteiger partial charge in [0, 0.05) is 11.8 Å². The predicted octanol–water partition coefficient (Wildman–Crippen LogP) is 2.24. The van der Waals surface area contributed by atoms with Crippen molar-refractivity contribution in [2.75, 3.05) is 5.32 Å². The first kappa shape index (κ1) is 12.8. The Bertz CT molecular complexity index is 646. The minimum atomic E-state index is -1.27. The summed E-state index contributed by atoms with van der Waals surface area (Å²) in [5.41, 5.74) is 2.58. The van der Waals surface area contributed by atoms with Gasteiger partial charge in [-0.05, 0) is 25.5 Å². The third-order valence-electron chi connectivity index (χ3n) is 2.58. The Morgan fingerprint density at radius 3 is 2.58 bits per heavy atom. The smallest absolute Gasteiger partial charge is 0.374 e. The summed E-state index contributed by atoms with van der Waals surface area (Å²) in [5, 5.41) is 14.7. The van der Waals surface area contributed by atoms with Crippen molar-refractivity contribution >= 4 is 17.6 Å². The average molecular weight is 260 g/mol. The van der Waals surface area contributed by atoms with Crippen molar-refractivity contribution in [2.24, 2.45) is 0 Å². The summed E-state index contributed by atoms with van der Waals surface area (Å²) in [4.78, 5) is 22.5. The van der Waals surface area contributed by atoms with Gasteiger partial charge in [-0.1, -0.05) is 22.9 Å².